The number of benzene rings is 2. The fourth-order valence-electron chi connectivity index (χ4n) is 4.83. The summed E-state index contributed by atoms with van der Waals surface area (Å²) in [7, 11) is 2.20. The standard InChI is InChI=1S/C20H23ClN3PS/c1-22-19-9-8-16(21)14-18(19)20-17-7-3-2-6-15(17)10-13-24(20)25(22,26)23-11-4-5-12-23/h2-3,6-9,14,20H,4-5,10-13H2,1H3. The second-order valence-corrected chi connectivity index (χ2v) is 12.0. The van der Waals surface area contributed by atoms with Gasteiger partial charge in [-0.2, -0.15) is 0 Å². The molecule has 0 aliphatic carbocycles. The Hall–Kier alpha value is -0.900. The lowest BCUT2D eigenvalue weighted by Crippen LogP contribution is -2.47. The van der Waals surface area contributed by atoms with Gasteiger partial charge in [0.15, 0.2) is 6.49 Å². The molecule has 0 N–H and O–H groups in total. The van der Waals surface area contributed by atoms with E-state index in [0.717, 1.165) is 31.1 Å². The van der Waals surface area contributed by atoms with Crippen LogP contribution in [0.25, 0.3) is 0 Å². The fraction of sp³-hybridized carbons (Fsp3) is 0.400. The molecule has 2 aromatic rings. The van der Waals surface area contributed by atoms with Crippen LogP contribution in [0.4, 0.5) is 5.69 Å². The van der Waals surface area contributed by atoms with E-state index in [4.69, 9.17) is 23.4 Å². The Bertz CT molecular complexity index is 912. The molecule has 6 heteroatoms. The van der Waals surface area contributed by atoms with E-state index in [0.29, 0.717) is 0 Å². The molecular formula is C20H23ClN3PS. The number of fused-ring (bicyclic) bond motifs is 5. The minimum absolute atomic E-state index is 0.219. The molecule has 0 radical (unpaired) electrons. The van der Waals surface area contributed by atoms with E-state index in [1.54, 1.807) is 0 Å². The van der Waals surface area contributed by atoms with Gasteiger partial charge < -0.3 is 4.67 Å². The zero-order chi connectivity index (χ0) is 17.9. The van der Waals surface area contributed by atoms with Gasteiger partial charge in [0.2, 0.25) is 0 Å². The largest absolute Gasteiger partial charge is 0.323 e. The Morgan fingerprint density at radius 2 is 1.81 bits per heavy atom. The average Bonchev–Trinajstić information content (AvgIpc) is 3.20. The van der Waals surface area contributed by atoms with Gasteiger partial charge in [0, 0.05) is 37.4 Å². The molecular weight excluding hydrogens is 381 g/mol. The van der Waals surface area contributed by atoms with Crippen LogP contribution in [0, 0.1) is 0 Å². The van der Waals surface area contributed by atoms with Gasteiger partial charge in [-0.3, -0.25) is 0 Å². The third-order valence-corrected chi connectivity index (χ3v) is 11.6. The first-order valence-corrected chi connectivity index (χ1v) is 12.4. The molecule has 1 saturated heterocycles. The van der Waals surface area contributed by atoms with Crippen LogP contribution >= 0.6 is 18.1 Å². The number of rotatable bonds is 1. The van der Waals surface area contributed by atoms with Crippen LogP contribution in [0.15, 0.2) is 42.5 Å². The molecule has 26 heavy (non-hydrogen) atoms. The molecule has 5 rings (SSSR count). The van der Waals surface area contributed by atoms with Crippen molar-refractivity contribution in [2.24, 2.45) is 0 Å². The maximum atomic E-state index is 6.53. The van der Waals surface area contributed by atoms with E-state index in [9.17, 15) is 0 Å². The minimum Gasteiger partial charge on any atom is -0.323 e. The molecule has 3 heterocycles. The normalized spacial score (nSPS) is 28.5. The van der Waals surface area contributed by atoms with Gasteiger partial charge in [0.25, 0.3) is 0 Å². The molecule has 3 aliphatic heterocycles. The van der Waals surface area contributed by atoms with E-state index in [2.05, 4.69) is 57.5 Å². The SMILES string of the molecule is CN1c2ccc(Cl)cc2C2c3ccccc3CCN2P1(=S)N1CCCC1. The molecule has 0 bridgehead atoms. The van der Waals surface area contributed by atoms with Gasteiger partial charge in [-0.25, -0.2) is 9.34 Å². The lowest BCUT2D eigenvalue weighted by Gasteiger charge is -2.55. The van der Waals surface area contributed by atoms with Crippen molar-refractivity contribution in [2.45, 2.75) is 25.3 Å². The summed E-state index contributed by atoms with van der Waals surface area (Å²) in [6, 6.07) is 15.4. The zero-order valence-corrected chi connectivity index (χ0v) is 17.4. The predicted molar refractivity (Wildman–Crippen MR) is 114 cm³/mol. The number of hydrogen-bond donors (Lipinski definition) is 0. The van der Waals surface area contributed by atoms with E-state index in [-0.39, 0.29) is 6.04 Å². The Labute approximate surface area is 165 Å². The summed E-state index contributed by atoms with van der Waals surface area (Å²) in [5.41, 5.74) is 5.41. The maximum absolute atomic E-state index is 6.53. The summed E-state index contributed by atoms with van der Waals surface area (Å²) in [5, 5.41) is 0.802. The lowest BCUT2D eigenvalue weighted by atomic mass is 9.89. The Balaban J connectivity index is 1.76. The fourth-order valence-corrected chi connectivity index (χ4v) is 9.52. The van der Waals surface area contributed by atoms with Crippen molar-refractivity contribution in [3.63, 3.8) is 0 Å². The first-order chi connectivity index (χ1) is 12.6. The first kappa shape index (κ1) is 17.2. The molecule has 3 nitrogen and oxygen atoms in total. The highest BCUT2D eigenvalue weighted by Gasteiger charge is 2.48. The molecule has 136 valence electrons. The Morgan fingerprint density at radius 1 is 1.04 bits per heavy atom. The monoisotopic (exact) mass is 403 g/mol. The van der Waals surface area contributed by atoms with Crippen molar-refractivity contribution < 1.29 is 0 Å². The first-order valence-electron chi connectivity index (χ1n) is 9.35. The van der Waals surface area contributed by atoms with Crippen LogP contribution in [-0.2, 0) is 18.2 Å². The third kappa shape index (κ3) is 2.36. The highest BCUT2D eigenvalue weighted by Crippen LogP contribution is 2.67. The molecule has 1 fully saturated rings. The summed E-state index contributed by atoms with van der Waals surface area (Å²) in [6.07, 6.45) is 3.59. The number of anilines is 1. The zero-order valence-electron chi connectivity index (χ0n) is 14.9. The van der Waals surface area contributed by atoms with Gasteiger partial charge in [0.1, 0.15) is 0 Å². The molecule has 2 unspecified atom stereocenters. The van der Waals surface area contributed by atoms with Crippen LogP contribution in [0.1, 0.15) is 35.6 Å². The van der Waals surface area contributed by atoms with E-state index in [1.807, 2.05) is 6.07 Å². The minimum atomic E-state index is -2.00. The Morgan fingerprint density at radius 3 is 2.62 bits per heavy atom. The average molecular weight is 404 g/mol. The highest BCUT2D eigenvalue weighted by atomic mass is 35.5. The summed E-state index contributed by atoms with van der Waals surface area (Å²) in [4.78, 5) is 0. The molecule has 0 spiro atoms. The van der Waals surface area contributed by atoms with Crippen LogP contribution in [0.3, 0.4) is 0 Å². The second kappa shape index (κ2) is 6.32. The van der Waals surface area contributed by atoms with Gasteiger partial charge >= 0.3 is 0 Å². The molecule has 2 atom stereocenters. The van der Waals surface area contributed by atoms with Gasteiger partial charge in [0.05, 0.1) is 6.04 Å². The van der Waals surface area contributed by atoms with Crippen molar-refractivity contribution in [1.82, 2.24) is 9.34 Å². The van der Waals surface area contributed by atoms with Crippen LogP contribution in [0.5, 0.6) is 0 Å². The molecule has 0 aromatic heterocycles. The molecule has 2 aromatic carbocycles. The smallest absolute Gasteiger partial charge is 0.170 e. The summed E-state index contributed by atoms with van der Waals surface area (Å²) in [5.74, 6) is 0. The van der Waals surface area contributed by atoms with Gasteiger partial charge in [-0.1, -0.05) is 35.9 Å². The summed E-state index contributed by atoms with van der Waals surface area (Å²) in [6.45, 7) is 1.26. The lowest BCUT2D eigenvalue weighted by molar-refractivity contribution is 0.336. The van der Waals surface area contributed by atoms with Crippen LogP contribution in [0.2, 0.25) is 5.02 Å². The van der Waals surface area contributed by atoms with Crippen molar-refractivity contribution in [1.29, 1.82) is 0 Å². The van der Waals surface area contributed by atoms with Crippen LogP contribution < -0.4 is 4.67 Å². The van der Waals surface area contributed by atoms with Crippen molar-refractivity contribution in [3.8, 4) is 0 Å². The van der Waals surface area contributed by atoms with Crippen LogP contribution in [-0.4, -0.2) is 36.0 Å². The molecule has 3 aliphatic rings. The molecule has 0 saturated carbocycles. The third-order valence-electron chi connectivity index (χ3n) is 6.07. The Kier molecular flexibility index (Phi) is 4.19. The van der Waals surface area contributed by atoms with E-state index < -0.39 is 6.49 Å². The second-order valence-electron chi connectivity index (χ2n) is 7.42. The van der Waals surface area contributed by atoms with E-state index in [1.165, 1.54) is 35.2 Å². The highest BCUT2D eigenvalue weighted by molar-refractivity contribution is 8.13. The number of halogens is 1. The predicted octanol–water partition coefficient (Wildman–Crippen LogP) is 5.06. The number of nitrogens with zero attached hydrogens (tertiary/aromatic N) is 3. The quantitative estimate of drug-likeness (QED) is 0.615. The van der Waals surface area contributed by atoms with Crippen molar-refractivity contribution in [2.75, 3.05) is 31.4 Å². The number of hydrogen-bond acceptors (Lipinski definition) is 1. The topological polar surface area (TPSA) is 9.72 Å². The van der Waals surface area contributed by atoms with E-state index >= 15 is 0 Å². The van der Waals surface area contributed by atoms with Gasteiger partial charge in [-0.05, 0) is 66.0 Å². The maximum Gasteiger partial charge on any atom is 0.170 e. The summed E-state index contributed by atoms with van der Waals surface area (Å²) >= 11 is 12.9. The van der Waals surface area contributed by atoms with Crippen molar-refractivity contribution >= 4 is 35.6 Å². The molecule has 0 amide bonds. The summed E-state index contributed by atoms with van der Waals surface area (Å²) < 4.78 is 7.64. The van der Waals surface area contributed by atoms with Gasteiger partial charge in [-0.15, -0.1) is 0 Å². The van der Waals surface area contributed by atoms with Crippen molar-refractivity contribution in [3.05, 3.63) is 64.2 Å².